The maximum absolute atomic E-state index is 14.8. The number of esters is 1. The molecule has 68 heavy (non-hydrogen) atoms. The van der Waals surface area contributed by atoms with Crippen LogP contribution in [0.1, 0.15) is 60.4 Å². The molecule has 3 heterocycles. The molecule has 0 radical (unpaired) electrons. The second kappa shape index (κ2) is 19.9. The molecule has 0 unspecified atom stereocenters. The van der Waals surface area contributed by atoms with Crippen LogP contribution in [-0.2, 0) is 48.6 Å². The summed E-state index contributed by atoms with van der Waals surface area (Å²) >= 11 is 2.07. The van der Waals surface area contributed by atoms with Crippen molar-refractivity contribution in [2.75, 3.05) is 17.3 Å². The van der Waals surface area contributed by atoms with E-state index in [9.17, 15) is 27.6 Å². The van der Waals surface area contributed by atoms with Crippen LogP contribution in [0.2, 0.25) is 0 Å². The Balaban J connectivity index is 1.15. The molecular formula is C50H45N5O10S3. The molecule has 2 atom stereocenters. The molecule has 1 fully saturated rings. The lowest BCUT2D eigenvalue weighted by molar-refractivity contribution is -0.154. The SMILES string of the molecule is CC(C)(C)OC(=O)Nc1nc(C(=NOC(c2ccccc2)(c2ccccc2)c2ccccc2)C(=O)N[C@@H]2C(=O)N3C(C(=O)OC(c4ccccc4)c4ccccc4)=C(OS(C)(=O)=O)CS[C@@H]23)cs1. The molecule has 3 amide bonds. The Morgan fingerprint density at radius 2 is 1.28 bits per heavy atom. The normalized spacial score (nSPS) is 16.3. The van der Waals surface area contributed by atoms with Crippen molar-refractivity contribution in [2.24, 2.45) is 5.16 Å². The Morgan fingerprint density at radius 3 is 1.76 bits per heavy atom. The van der Waals surface area contributed by atoms with Gasteiger partial charge in [-0.15, -0.1) is 23.1 Å². The number of hydrogen-bond acceptors (Lipinski definition) is 14. The standard InChI is InChI=1S/C50H45N5O10S3/c1-49(2,3)63-48(59)53-47-51-37(30-67-47)39(54-65-50(34-24-14-7-15-25-34,35-26-16-8-17-27-35)36-28-18-9-19-29-36)43(56)52-40-44(57)55-41(38(31-66-45(40)55)64-68(4,60)61)46(58)62-42(32-20-10-5-11-21-32)33-22-12-6-13-23-33/h5-30,40,42,45H,31H2,1-4H3,(H,52,56)(H,51,53,59)/t40-,45+/m1/s1. The zero-order chi connectivity index (χ0) is 48.1. The van der Waals surface area contributed by atoms with E-state index in [1.54, 1.807) is 69.3 Å². The second-order valence-electron chi connectivity index (χ2n) is 16.5. The van der Waals surface area contributed by atoms with E-state index in [-0.39, 0.29) is 28.0 Å². The molecule has 0 aliphatic carbocycles. The summed E-state index contributed by atoms with van der Waals surface area (Å²) < 4.78 is 41.9. The number of oxime groups is 1. The van der Waals surface area contributed by atoms with Gasteiger partial charge < -0.3 is 23.8 Å². The third-order valence-electron chi connectivity index (χ3n) is 10.5. The molecular weight excluding hydrogens is 927 g/mol. The van der Waals surface area contributed by atoms with Crippen LogP contribution in [0.4, 0.5) is 9.93 Å². The molecule has 2 aliphatic rings. The number of aromatic nitrogens is 1. The number of thioether (sulfide) groups is 1. The molecule has 2 N–H and O–H groups in total. The third-order valence-corrected chi connectivity index (χ3v) is 13.0. The molecule has 0 saturated carbocycles. The number of benzene rings is 5. The maximum Gasteiger partial charge on any atom is 0.413 e. The van der Waals surface area contributed by atoms with Crippen LogP contribution in [-0.4, -0.2) is 76.9 Å². The number of nitrogens with one attached hydrogen (secondary N) is 2. The fourth-order valence-corrected chi connectivity index (χ4v) is 10.1. The number of carbonyl (C=O) groups is 4. The van der Waals surface area contributed by atoms with E-state index in [0.29, 0.717) is 27.8 Å². The topological polar surface area (TPSA) is 192 Å². The van der Waals surface area contributed by atoms with Gasteiger partial charge in [0.05, 0.1) is 12.0 Å². The number of fused-ring (bicyclic) bond motifs is 1. The first-order valence-corrected chi connectivity index (χ1v) is 24.9. The molecule has 18 heteroatoms. The summed E-state index contributed by atoms with van der Waals surface area (Å²) in [5.41, 5.74) is 0.242. The summed E-state index contributed by atoms with van der Waals surface area (Å²) in [6.45, 7) is 5.14. The number of hydrogen-bond donors (Lipinski definition) is 2. The molecule has 1 aromatic heterocycles. The van der Waals surface area contributed by atoms with E-state index in [4.69, 9.17) is 18.5 Å². The van der Waals surface area contributed by atoms with Gasteiger partial charge in [-0.05, 0) is 31.9 Å². The lowest BCUT2D eigenvalue weighted by Crippen LogP contribution is -2.71. The molecule has 2 aliphatic heterocycles. The van der Waals surface area contributed by atoms with Crippen molar-refractivity contribution in [2.45, 2.75) is 49.5 Å². The Morgan fingerprint density at radius 1 is 0.779 bits per heavy atom. The first-order valence-electron chi connectivity index (χ1n) is 21.2. The van der Waals surface area contributed by atoms with Crippen molar-refractivity contribution in [3.8, 4) is 0 Å². The van der Waals surface area contributed by atoms with Gasteiger partial charge in [-0.3, -0.25) is 19.8 Å². The Bertz CT molecular complexity index is 2830. The van der Waals surface area contributed by atoms with Crippen LogP contribution in [0.5, 0.6) is 0 Å². The van der Waals surface area contributed by atoms with E-state index in [1.165, 1.54) is 5.38 Å². The smallest absolute Gasteiger partial charge is 0.413 e. The minimum Gasteiger partial charge on any atom is -0.448 e. The molecule has 5 aromatic carbocycles. The van der Waals surface area contributed by atoms with Gasteiger partial charge in [-0.25, -0.2) is 14.6 Å². The number of β-lactam (4-membered cyclic amide) rings is 1. The molecule has 0 bridgehead atoms. The van der Waals surface area contributed by atoms with Gasteiger partial charge >= 0.3 is 22.2 Å². The highest BCUT2D eigenvalue weighted by Gasteiger charge is 2.56. The number of rotatable bonds is 15. The van der Waals surface area contributed by atoms with E-state index < -0.39 is 68.4 Å². The van der Waals surface area contributed by atoms with Gasteiger partial charge in [-0.1, -0.05) is 157 Å². The first-order chi connectivity index (χ1) is 32.6. The van der Waals surface area contributed by atoms with Gasteiger partial charge in [0.1, 0.15) is 22.7 Å². The molecule has 6 aromatic rings. The van der Waals surface area contributed by atoms with Crippen molar-refractivity contribution in [1.82, 2.24) is 15.2 Å². The van der Waals surface area contributed by atoms with Crippen molar-refractivity contribution in [1.29, 1.82) is 0 Å². The Kier molecular flexibility index (Phi) is 13.8. The summed E-state index contributed by atoms with van der Waals surface area (Å²) in [4.78, 5) is 68.6. The van der Waals surface area contributed by atoms with E-state index in [0.717, 1.165) is 34.3 Å². The molecule has 1 saturated heterocycles. The van der Waals surface area contributed by atoms with Crippen LogP contribution in [0.25, 0.3) is 0 Å². The van der Waals surface area contributed by atoms with Crippen LogP contribution in [0.15, 0.2) is 174 Å². The van der Waals surface area contributed by atoms with Gasteiger partial charge in [-0.2, -0.15) is 8.42 Å². The largest absolute Gasteiger partial charge is 0.448 e. The monoisotopic (exact) mass is 971 g/mol. The van der Waals surface area contributed by atoms with Gasteiger partial charge in [0, 0.05) is 22.1 Å². The van der Waals surface area contributed by atoms with Crippen molar-refractivity contribution in [3.05, 3.63) is 202 Å². The van der Waals surface area contributed by atoms with Crippen LogP contribution >= 0.6 is 23.1 Å². The van der Waals surface area contributed by atoms with Gasteiger partial charge in [0.15, 0.2) is 28.4 Å². The molecule has 8 rings (SSSR count). The zero-order valence-electron chi connectivity index (χ0n) is 37.1. The van der Waals surface area contributed by atoms with Gasteiger partial charge in [0.25, 0.3) is 11.8 Å². The lowest BCUT2D eigenvalue weighted by Gasteiger charge is -2.49. The highest BCUT2D eigenvalue weighted by molar-refractivity contribution is 8.00. The van der Waals surface area contributed by atoms with Crippen molar-refractivity contribution >= 4 is 67.9 Å². The summed E-state index contributed by atoms with van der Waals surface area (Å²) in [5, 5.41) is 10.6. The second-order valence-corrected chi connectivity index (χ2v) is 20.0. The number of amides is 3. The van der Waals surface area contributed by atoms with Crippen LogP contribution in [0, 0.1) is 0 Å². The van der Waals surface area contributed by atoms with Crippen molar-refractivity contribution in [3.63, 3.8) is 0 Å². The average molecular weight is 972 g/mol. The van der Waals surface area contributed by atoms with Crippen LogP contribution in [0.3, 0.4) is 0 Å². The number of ether oxygens (including phenoxy) is 2. The predicted molar refractivity (Wildman–Crippen MR) is 258 cm³/mol. The summed E-state index contributed by atoms with van der Waals surface area (Å²) in [6, 6.07) is 44.6. The lowest BCUT2D eigenvalue weighted by atomic mass is 9.80. The first kappa shape index (κ1) is 47.2. The minimum atomic E-state index is -4.18. The average Bonchev–Trinajstić information content (AvgIpc) is 3.78. The summed E-state index contributed by atoms with van der Waals surface area (Å²) in [5.74, 6) is -3.15. The summed E-state index contributed by atoms with van der Waals surface area (Å²) in [6.07, 6.45) is -0.892. The Labute approximate surface area is 401 Å². The fraction of sp³-hybridized carbons (Fsp3) is 0.200. The molecule has 0 spiro atoms. The molecule has 348 valence electrons. The van der Waals surface area contributed by atoms with E-state index in [1.807, 2.05) is 103 Å². The molecule has 15 nitrogen and oxygen atoms in total. The number of carbonyl (C=O) groups excluding carboxylic acids is 4. The number of thiazole rings is 1. The van der Waals surface area contributed by atoms with Crippen molar-refractivity contribution < 1.29 is 46.1 Å². The third kappa shape index (κ3) is 10.5. The zero-order valence-corrected chi connectivity index (χ0v) is 39.5. The predicted octanol–water partition coefficient (Wildman–Crippen LogP) is 8.12. The highest BCUT2D eigenvalue weighted by Crippen LogP contribution is 2.43. The van der Waals surface area contributed by atoms with Crippen LogP contribution < -0.4 is 10.6 Å². The minimum absolute atomic E-state index is 0.0116. The van der Waals surface area contributed by atoms with E-state index >= 15 is 0 Å². The maximum atomic E-state index is 14.8. The quantitative estimate of drug-likeness (QED) is 0.0251. The highest BCUT2D eigenvalue weighted by atomic mass is 32.2. The number of anilines is 1. The van der Waals surface area contributed by atoms with E-state index in [2.05, 4.69) is 20.8 Å². The van der Waals surface area contributed by atoms with Gasteiger partial charge in [0.2, 0.25) is 5.60 Å². The number of nitrogens with zero attached hydrogens (tertiary/aromatic N) is 3. The summed E-state index contributed by atoms with van der Waals surface area (Å²) in [7, 11) is -4.18. The Hall–Kier alpha value is -7.28. The fourth-order valence-electron chi connectivity index (χ4n) is 7.61.